The SMILES string of the molecule is COc1ccc(Br)cc1CC(O)C1(c2ccccc2)CC1. The molecule has 1 aliphatic rings. The molecular weight excluding hydrogens is 328 g/mol. The van der Waals surface area contributed by atoms with Crippen molar-refractivity contribution in [2.75, 3.05) is 7.11 Å². The summed E-state index contributed by atoms with van der Waals surface area (Å²) in [6.45, 7) is 0. The van der Waals surface area contributed by atoms with Crippen LogP contribution in [0.5, 0.6) is 5.75 Å². The first-order valence-electron chi connectivity index (χ1n) is 7.22. The zero-order chi connectivity index (χ0) is 14.9. The number of aliphatic hydroxyl groups is 1. The highest BCUT2D eigenvalue weighted by molar-refractivity contribution is 9.10. The lowest BCUT2D eigenvalue weighted by Gasteiger charge is -2.23. The first-order valence-corrected chi connectivity index (χ1v) is 8.01. The second-order valence-electron chi connectivity index (χ2n) is 5.70. The van der Waals surface area contributed by atoms with Gasteiger partial charge in [0.25, 0.3) is 0 Å². The van der Waals surface area contributed by atoms with Gasteiger partial charge in [0.2, 0.25) is 0 Å². The van der Waals surface area contributed by atoms with Crippen molar-refractivity contribution in [1.82, 2.24) is 0 Å². The van der Waals surface area contributed by atoms with E-state index < -0.39 is 0 Å². The quantitative estimate of drug-likeness (QED) is 0.883. The predicted octanol–water partition coefficient (Wildman–Crippen LogP) is 4.09. The Labute approximate surface area is 133 Å². The second kappa shape index (κ2) is 5.82. The van der Waals surface area contributed by atoms with Gasteiger partial charge in [-0.1, -0.05) is 46.3 Å². The van der Waals surface area contributed by atoms with Gasteiger partial charge in [-0.05, 0) is 42.2 Å². The van der Waals surface area contributed by atoms with Gasteiger partial charge in [-0.2, -0.15) is 0 Å². The average Bonchev–Trinajstić information content (AvgIpc) is 3.30. The van der Waals surface area contributed by atoms with Crippen LogP contribution in [0, 0.1) is 0 Å². The molecule has 1 saturated carbocycles. The van der Waals surface area contributed by atoms with Crippen LogP contribution < -0.4 is 4.74 Å². The highest BCUT2D eigenvalue weighted by Crippen LogP contribution is 2.52. The van der Waals surface area contributed by atoms with Crippen molar-refractivity contribution in [3.63, 3.8) is 0 Å². The number of ether oxygens (including phenoxy) is 1. The van der Waals surface area contributed by atoms with Crippen molar-refractivity contribution in [3.8, 4) is 5.75 Å². The summed E-state index contributed by atoms with van der Waals surface area (Å²) in [7, 11) is 1.67. The fraction of sp³-hybridized carbons (Fsp3) is 0.333. The summed E-state index contributed by atoms with van der Waals surface area (Å²) in [5, 5.41) is 10.8. The van der Waals surface area contributed by atoms with E-state index in [2.05, 4.69) is 28.1 Å². The highest BCUT2D eigenvalue weighted by atomic mass is 79.9. The fourth-order valence-electron chi connectivity index (χ4n) is 3.03. The van der Waals surface area contributed by atoms with E-state index in [0.717, 1.165) is 28.6 Å². The van der Waals surface area contributed by atoms with Crippen LogP contribution in [-0.4, -0.2) is 18.3 Å². The van der Waals surface area contributed by atoms with Gasteiger partial charge in [-0.15, -0.1) is 0 Å². The standard InChI is InChI=1S/C18H19BrO2/c1-21-16-8-7-15(19)11-13(16)12-17(20)18(9-10-18)14-5-3-2-4-6-14/h2-8,11,17,20H,9-10,12H2,1H3. The molecule has 1 aliphatic carbocycles. The first-order chi connectivity index (χ1) is 10.2. The largest absolute Gasteiger partial charge is 0.496 e. The molecule has 1 unspecified atom stereocenters. The molecule has 2 nitrogen and oxygen atoms in total. The molecule has 0 saturated heterocycles. The number of hydrogen-bond acceptors (Lipinski definition) is 2. The molecule has 3 rings (SSSR count). The normalized spacial score (nSPS) is 17.3. The Balaban J connectivity index is 1.84. The van der Waals surface area contributed by atoms with Crippen molar-refractivity contribution in [2.24, 2.45) is 0 Å². The van der Waals surface area contributed by atoms with E-state index in [1.165, 1.54) is 5.56 Å². The Kier molecular flexibility index (Phi) is 4.05. The summed E-state index contributed by atoms with van der Waals surface area (Å²) in [5.74, 6) is 0.834. The number of halogens is 1. The topological polar surface area (TPSA) is 29.5 Å². The molecule has 1 N–H and O–H groups in total. The summed E-state index contributed by atoms with van der Waals surface area (Å²) >= 11 is 3.49. The first kappa shape index (κ1) is 14.6. The lowest BCUT2D eigenvalue weighted by Crippen LogP contribution is -2.28. The van der Waals surface area contributed by atoms with Crippen molar-refractivity contribution in [3.05, 3.63) is 64.1 Å². The summed E-state index contributed by atoms with van der Waals surface area (Å²) in [4.78, 5) is 0. The van der Waals surface area contributed by atoms with Crippen LogP contribution in [0.1, 0.15) is 24.0 Å². The lowest BCUT2D eigenvalue weighted by atomic mass is 9.86. The van der Waals surface area contributed by atoms with E-state index in [4.69, 9.17) is 4.74 Å². The van der Waals surface area contributed by atoms with Crippen LogP contribution in [0.3, 0.4) is 0 Å². The number of hydrogen-bond donors (Lipinski definition) is 1. The summed E-state index contributed by atoms with van der Waals surface area (Å²) < 4.78 is 6.42. The van der Waals surface area contributed by atoms with Gasteiger partial charge < -0.3 is 9.84 Å². The van der Waals surface area contributed by atoms with Gasteiger partial charge in [0.15, 0.2) is 0 Å². The number of methoxy groups -OCH3 is 1. The molecule has 0 amide bonds. The van der Waals surface area contributed by atoms with Gasteiger partial charge in [-0.25, -0.2) is 0 Å². The molecule has 2 aromatic carbocycles. The number of benzene rings is 2. The van der Waals surface area contributed by atoms with Crippen LogP contribution in [0.15, 0.2) is 53.0 Å². The van der Waals surface area contributed by atoms with Gasteiger partial charge >= 0.3 is 0 Å². The Bertz CT molecular complexity index is 620. The van der Waals surface area contributed by atoms with Crippen LogP contribution in [-0.2, 0) is 11.8 Å². The molecule has 0 heterocycles. The minimum Gasteiger partial charge on any atom is -0.496 e. The Hall–Kier alpha value is -1.32. The maximum atomic E-state index is 10.8. The van der Waals surface area contributed by atoms with Crippen molar-refractivity contribution in [1.29, 1.82) is 0 Å². The van der Waals surface area contributed by atoms with Gasteiger partial charge in [0.05, 0.1) is 13.2 Å². The van der Waals surface area contributed by atoms with E-state index in [9.17, 15) is 5.11 Å². The van der Waals surface area contributed by atoms with E-state index in [0.29, 0.717) is 6.42 Å². The molecule has 3 heteroatoms. The highest BCUT2D eigenvalue weighted by Gasteiger charge is 2.50. The second-order valence-corrected chi connectivity index (χ2v) is 6.61. The van der Waals surface area contributed by atoms with Crippen LogP contribution in [0.4, 0.5) is 0 Å². The molecule has 0 aliphatic heterocycles. The zero-order valence-electron chi connectivity index (χ0n) is 12.1. The van der Waals surface area contributed by atoms with Crippen molar-refractivity contribution in [2.45, 2.75) is 30.8 Å². The monoisotopic (exact) mass is 346 g/mol. The third-order valence-corrected chi connectivity index (χ3v) is 4.92. The van der Waals surface area contributed by atoms with Crippen LogP contribution in [0.2, 0.25) is 0 Å². The van der Waals surface area contributed by atoms with E-state index in [1.807, 2.05) is 36.4 Å². The molecule has 110 valence electrons. The molecule has 1 atom stereocenters. The van der Waals surface area contributed by atoms with Gasteiger partial charge in [0, 0.05) is 16.3 Å². The Morgan fingerprint density at radius 1 is 1.19 bits per heavy atom. The average molecular weight is 347 g/mol. The summed E-state index contributed by atoms with van der Waals surface area (Å²) in [6, 6.07) is 16.3. The molecule has 0 radical (unpaired) electrons. The predicted molar refractivity (Wildman–Crippen MR) is 87.8 cm³/mol. The fourth-order valence-corrected chi connectivity index (χ4v) is 3.44. The van der Waals surface area contributed by atoms with Gasteiger partial charge in [-0.3, -0.25) is 0 Å². The van der Waals surface area contributed by atoms with E-state index in [-0.39, 0.29) is 11.5 Å². The summed E-state index contributed by atoms with van der Waals surface area (Å²) in [5.41, 5.74) is 2.21. The molecule has 1 fully saturated rings. The molecule has 2 aromatic rings. The Morgan fingerprint density at radius 2 is 1.90 bits per heavy atom. The zero-order valence-corrected chi connectivity index (χ0v) is 13.6. The third-order valence-electron chi connectivity index (χ3n) is 4.43. The molecule has 0 spiro atoms. The smallest absolute Gasteiger partial charge is 0.122 e. The molecule has 0 aromatic heterocycles. The number of rotatable bonds is 5. The maximum absolute atomic E-state index is 10.8. The minimum atomic E-state index is -0.386. The third kappa shape index (κ3) is 2.85. The van der Waals surface area contributed by atoms with Gasteiger partial charge in [0.1, 0.15) is 5.75 Å². The van der Waals surface area contributed by atoms with Crippen molar-refractivity contribution < 1.29 is 9.84 Å². The maximum Gasteiger partial charge on any atom is 0.122 e. The Morgan fingerprint density at radius 3 is 2.52 bits per heavy atom. The molecular formula is C18H19BrO2. The van der Waals surface area contributed by atoms with E-state index >= 15 is 0 Å². The lowest BCUT2D eigenvalue weighted by molar-refractivity contribution is 0.131. The molecule has 0 bridgehead atoms. The minimum absolute atomic E-state index is 0.0748. The van der Waals surface area contributed by atoms with Crippen molar-refractivity contribution >= 4 is 15.9 Å². The van der Waals surface area contributed by atoms with Crippen LogP contribution in [0.25, 0.3) is 0 Å². The number of aliphatic hydroxyl groups excluding tert-OH is 1. The van der Waals surface area contributed by atoms with Crippen LogP contribution >= 0.6 is 15.9 Å². The molecule has 21 heavy (non-hydrogen) atoms. The van der Waals surface area contributed by atoms with E-state index in [1.54, 1.807) is 7.11 Å². The summed E-state index contributed by atoms with van der Waals surface area (Å²) in [6.07, 6.45) is 2.32.